The number of nitrogens with one attached hydrogen (secondary N) is 2. The highest BCUT2D eigenvalue weighted by molar-refractivity contribution is 5.80. The van der Waals surface area contributed by atoms with Crippen LogP contribution in [0.2, 0.25) is 0 Å². The minimum atomic E-state index is -0.591. The van der Waals surface area contributed by atoms with Gasteiger partial charge in [0.2, 0.25) is 0 Å². The molecule has 0 aliphatic carbocycles. The van der Waals surface area contributed by atoms with Crippen molar-refractivity contribution in [2.45, 2.75) is 52.0 Å². The second kappa shape index (κ2) is 17.0. The van der Waals surface area contributed by atoms with Gasteiger partial charge >= 0.3 is 12.0 Å². The number of ether oxygens (including phenoxy) is 3. The van der Waals surface area contributed by atoms with Gasteiger partial charge in [0.15, 0.2) is 6.29 Å². The first kappa shape index (κ1) is 34.8. The fourth-order valence-electron chi connectivity index (χ4n) is 5.93. The second-order valence-electron chi connectivity index (χ2n) is 12.2. The summed E-state index contributed by atoms with van der Waals surface area (Å²) >= 11 is 0. The summed E-state index contributed by atoms with van der Waals surface area (Å²) in [5, 5.41) is 14.9. The van der Waals surface area contributed by atoms with Gasteiger partial charge in [-0.05, 0) is 59.5 Å². The van der Waals surface area contributed by atoms with Crippen LogP contribution in [0.5, 0.6) is 0 Å². The van der Waals surface area contributed by atoms with Gasteiger partial charge in [-0.2, -0.15) is 0 Å². The molecule has 0 bridgehead atoms. The predicted octanol–water partition coefficient (Wildman–Crippen LogP) is 6.13. The summed E-state index contributed by atoms with van der Waals surface area (Å²) in [6.45, 7) is 5.80. The van der Waals surface area contributed by atoms with E-state index in [1.54, 1.807) is 6.92 Å². The standard InChI is InChI=1S/C39H45N3O6/c1-4-46-36(44)23-41-39(45)40-22-30-12-8-13-32(20-30)33-14-9-15-34(21-33)38-47-35(25-42(3)24-28-10-6-5-7-11-28)27(2)37(48-38)31-18-16-29(26-43)17-19-31/h5-21,27,35,37-38,43H,4,22-26H2,1-3H3,(H2,40,41,45). The van der Waals surface area contributed by atoms with Crippen LogP contribution in [-0.4, -0.2) is 54.9 Å². The van der Waals surface area contributed by atoms with Crippen LogP contribution < -0.4 is 10.6 Å². The van der Waals surface area contributed by atoms with Crippen molar-refractivity contribution in [3.63, 3.8) is 0 Å². The summed E-state index contributed by atoms with van der Waals surface area (Å²) in [6, 6.07) is 34.1. The van der Waals surface area contributed by atoms with Crippen molar-refractivity contribution >= 4 is 12.0 Å². The average molecular weight is 652 g/mol. The first-order valence-electron chi connectivity index (χ1n) is 16.4. The number of benzene rings is 4. The molecule has 1 fully saturated rings. The van der Waals surface area contributed by atoms with Crippen molar-refractivity contribution in [1.82, 2.24) is 15.5 Å². The molecule has 1 saturated heterocycles. The van der Waals surface area contributed by atoms with Crippen LogP contribution in [0.15, 0.2) is 103 Å². The van der Waals surface area contributed by atoms with E-state index >= 15 is 0 Å². The summed E-state index contributed by atoms with van der Waals surface area (Å²) in [6.07, 6.45) is -0.903. The number of hydrogen-bond acceptors (Lipinski definition) is 7. The lowest BCUT2D eigenvalue weighted by Gasteiger charge is -2.42. The van der Waals surface area contributed by atoms with Gasteiger partial charge in [-0.1, -0.05) is 97.9 Å². The van der Waals surface area contributed by atoms with Crippen LogP contribution in [0.3, 0.4) is 0 Å². The molecule has 2 amide bonds. The second-order valence-corrected chi connectivity index (χ2v) is 12.2. The van der Waals surface area contributed by atoms with Gasteiger partial charge < -0.3 is 30.0 Å². The van der Waals surface area contributed by atoms with E-state index in [9.17, 15) is 14.7 Å². The van der Waals surface area contributed by atoms with Gasteiger partial charge in [0.25, 0.3) is 0 Å². The maximum Gasteiger partial charge on any atom is 0.325 e. The number of esters is 1. The van der Waals surface area contributed by atoms with Gasteiger partial charge in [0.05, 0.1) is 25.4 Å². The molecule has 1 aliphatic heterocycles. The lowest BCUT2D eigenvalue weighted by Crippen LogP contribution is -2.43. The number of likely N-dealkylation sites (N-methyl/N-ethyl adjacent to an activating group) is 1. The number of amides is 2. The number of carbonyl (C=O) groups excluding carboxylic acids is 2. The molecule has 1 heterocycles. The third kappa shape index (κ3) is 9.51. The first-order chi connectivity index (χ1) is 23.3. The molecule has 4 unspecified atom stereocenters. The zero-order valence-electron chi connectivity index (χ0n) is 27.8. The normalized spacial score (nSPS) is 19.1. The van der Waals surface area contributed by atoms with E-state index in [-0.39, 0.29) is 37.9 Å². The Morgan fingerprint density at radius 1 is 0.812 bits per heavy atom. The Balaban J connectivity index is 1.32. The number of rotatable bonds is 13. The van der Waals surface area contributed by atoms with E-state index in [1.165, 1.54) is 5.56 Å². The number of hydrogen-bond donors (Lipinski definition) is 3. The maximum absolute atomic E-state index is 12.2. The minimum Gasteiger partial charge on any atom is -0.465 e. The van der Waals surface area contributed by atoms with Crippen molar-refractivity contribution in [2.75, 3.05) is 26.7 Å². The van der Waals surface area contributed by atoms with Crippen molar-refractivity contribution < 1.29 is 28.9 Å². The predicted molar refractivity (Wildman–Crippen MR) is 184 cm³/mol. The maximum atomic E-state index is 12.2. The molecule has 4 aromatic rings. The topological polar surface area (TPSA) is 109 Å². The Bertz CT molecular complexity index is 1630. The summed E-state index contributed by atoms with van der Waals surface area (Å²) in [5.74, 6) is -0.410. The molecular weight excluding hydrogens is 606 g/mol. The Morgan fingerprint density at radius 3 is 2.25 bits per heavy atom. The molecule has 9 heteroatoms. The van der Waals surface area contributed by atoms with Gasteiger partial charge in [-0.3, -0.25) is 9.69 Å². The van der Waals surface area contributed by atoms with Crippen LogP contribution in [0.4, 0.5) is 4.79 Å². The van der Waals surface area contributed by atoms with Crippen LogP contribution in [0.25, 0.3) is 11.1 Å². The van der Waals surface area contributed by atoms with E-state index < -0.39 is 18.3 Å². The SMILES string of the molecule is CCOC(=O)CNC(=O)NCc1cccc(-c2cccc(C3OC(CN(C)Cc4ccccc4)C(C)C(c4ccc(CO)cc4)O3)c2)c1. The lowest BCUT2D eigenvalue weighted by atomic mass is 9.90. The van der Waals surface area contributed by atoms with Crippen molar-refractivity contribution in [1.29, 1.82) is 0 Å². The Labute approximate surface area is 282 Å². The fourth-order valence-corrected chi connectivity index (χ4v) is 5.93. The van der Waals surface area contributed by atoms with Crippen molar-refractivity contribution in [2.24, 2.45) is 5.92 Å². The molecule has 3 N–H and O–H groups in total. The highest BCUT2D eigenvalue weighted by Gasteiger charge is 2.39. The highest BCUT2D eigenvalue weighted by Crippen LogP contribution is 2.42. The number of nitrogens with zero attached hydrogens (tertiary/aromatic N) is 1. The van der Waals surface area contributed by atoms with Crippen molar-refractivity contribution in [3.05, 3.63) is 131 Å². The quantitative estimate of drug-likeness (QED) is 0.149. The molecule has 0 saturated carbocycles. The molecule has 0 spiro atoms. The Morgan fingerprint density at radius 2 is 1.52 bits per heavy atom. The van der Waals surface area contributed by atoms with Gasteiger partial charge in [-0.25, -0.2) is 4.79 Å². The summed E-state index contributed by atoms with van der Waals surface area (Å²) in [5.41, 5.74) is 6.96. The summed E-state index contributed by atoms with van der Waals surface area (Å²) in [4.78, 5) is 26.0. The minimum absolute atomic E-state index is 0.00721. The molecule has 4 aromatic carbocycles. The molecule has 9 nitrogen and oxygen atoms in total. The van der Waals surface area contributed by atoms with E-state index in [0.717, 1.165) is 46.5 Å². The van der Waals surface area contributed by atoms with E-state index in [2.05, 4.69) is 59.8 Å². The zero-order chi connectivity index (χ0) is 33.9. The molecular formula is C39H45N3O6. The Hall–Kier alpha value is -4.54. The number of aliphatic hydroxyl groups excluding tert-OH is 1. The number of carbonyl (C=O) groups is 2. The highest BCUT2D eigenvalue weighted by atomic mass is 16.7. The van der Waals surface area contributed by atoms with Crippen LogP contribution in [0, 0.1) is 5.92 Å². The summed E-state index contributed by atoms with van der Waals surface area (Å²) < 4.78 is 18.3. The van der Waals surface area contributed by atoms with E-state index in [0.29, 0.717) is 6.54 Å². The molecule has 48 heavy (non-hydrogen) atoms. The van der Waals surface area contributed by atoms with E-state index in [1.807, 2.05) is 72.8 Å². The summed E-state index contributed by atoms with van der Waals surface area (Å²) in [7, 11) is 2.12. The third-order valence-electron chi connectivity index (χ3n) is 8.48. The number of urea groups is 1. The van der Waals surface area contributed by atoms with Gasteiger partial charge in [0, 0.05) is 31.1 Å². The average Bonchev–Trinajstić information content (AvgIpc) is 3.11. The monoisotopic (exact) mass is 651 g/mol. The lowest BCUT2D eigenvalue weighted by molar-refractivity contribution is -0.276. The molecule has 4 atom stereocenters. The first-order valence-corrected chi connectivity index (χ1v) is 16.4. The fraction of sp³-hybridized carbons (Fsp3) is 0.333. The Kier molecular flexibility index (Phi) is 12.3. The molecule has 0 aromatic heterocycles. The van der Waals surface area contributed by atoms with Crippen LogP contribution in [0.1, 0.15) is 54.1 Å². The van der Waals surface area contributed by atoms with E-state index in [4.69, 9.17) is 14.2 Å². The smallest absolute Gasteiger partial charge is 0.325 e. The van der Waals surface area contributed by atoms with Gasteiger partial charge in [0.1, 0.15) is 6.54 Å². The zero-order valence-corrected chi connectivity index (χ0v) is 27.8. The molecule has 252 valence electrons. The molecule has 1 aliphatic rings. The largest absolute Gasteiger partial charge is 0.465 e. The molecule has 0 radical (unpaired) electrons. The number of aliphatic hydroxyl groups is 1. The van der Waals surface area contributed by atoms with Crippen LogP contribution in [-0.2, 0) is 38.7 Å². The third-order valence-corrected chi connectivity index (χ3v) is 8.48. The van der Waals surface area contributed by atoms with Crippen LogP contribution >= 0.6 is 0 Å². The molecule has 5 rings (SSSR count). The van der Waals surface area contributed by atoms with Gasteiger partial charge in [-0.15, -0.1) is 0 Å². The van der Waals surface area contributed by atoms with Crippen molar-refractivity contribution in [3.8, 4) is 11.1 Å².